The fourth-order valence-electron chi connectivity index (χ4n) is 3.95. The lowest BCUT2D eigenvalue weighted by molar-refractivity contribution is -0.920. The molecule has 1 aromatic carbocycles. The maximum Gasteiger partial charge on any atom is 0.338 e. The van der Waals surface area contributed by atoms with E-state index in [1.165, 1.54) is 16.7 Å². The molecule has 1 unspecified atom stereocenters. The summed E-state index contributed by atoms with van der Waals surface area (Å²) in [4.78, 5) is 26.6. The van der Waals surface area contributed by atoms with Crippen LogP contribution in [-0.2, 0) is 16.1 Å². The van der Waals surface area contributed by atoms with Crippen LogP contribution in [0.25, 0.3) is 0 Å². The van der Waals surface area contributed by atoms with Gasteiger partial charge in [0, 0.05) is 18.4 Å². The Balaban J connectivity index is 1.63. The number of hydrogen-bond donors (Lipinski definition) is 3. The van der Waals surface area contributed by atoms with Crippen LogP contribution in [0.3, 0.4) is 0 Å². The number of nitrogens with one attached hydrogen (secondary N) is 3. The highest BCUT2D eigenvalue weighted by Crippen LogP contribution is 2.28. The van der Waals surface area contributed by atoms with E-state index in [1.54, 1.807) is 26.2 Å². The van der Waals surface area contributed by atoms with E-state index in [9.17, 15) is 9.59 Å². The van der Waals surface area contributed by atoms with Crippen molar-refractivity contribution in [3.63, 3.8) is 0 Å². The van der Waals surface area contributed by atoms with E-state index in [0.717, 1.165) is 25.1 Å². The van der Waals surface area contributed by atoms with Crippen molar-refractivity contribution < 1.29 is 28.4 Å². The summed E-state index contributed by atoms with van der Waals surface area (Å²) in [6, 6.07) is 10.9. The highest BCUT2D eigenvalue weighted by atomic mass is 16.5. The number of rotatable bonds is 9. The van der Waals surface area contributed by atoms with Crippen LogP contribution in [-0.4, -0.2) is 38.3 Å². The summed E-state index contributed by atoms with van der Waals surface area (Å²) in [5.74, 6) is 0.862. The summed E-state index contributed by atoms with van der Waals surface area (Å²) in [5, 5.41) is 5.65. The van der Waals surface area contributed by atoms with Gasteiger partial charge in [0.2, 0.25) is 0 Å². The summed E-state index contributed by atoms with van der Waals surface area (Å²) in [6.45, 7) is 3.30. The number of quaternary nitrogens is 1. The smallest absolute Gasteiger partial charge is 0.338 e. The molecule has 1 aliphatic carbocycles. The summed E-state index contributed by atoms with van der Waals surface area (Å²) in [7, 11) is 1.65. The average Bonchev–Trinajstić information content (AvgIpc) is 3.47. The number of carbonyl (C=O) groups is 2. The van der Waals surface area contributed by atoms with E-state index in [4.69, 9.17) is 13.9 Å². The summed E-state index contributed by atoms with van der Waals surface area (Å²) >= 11 is 0. The SMILES string of the molecule is CCOC(=O)C1=C(C[NH+](Cc2ccc(OC)cc2)C2CC2)NC(=O)N[C@H]1c1ccco1. The quantitative estimate of drug-likeness (QED) is 0.531. The molecule has 31 heavy (non-hydrogen) atoms. The lowest BCUT2D eigenvalue weighted by Gasteiger charge is -2.29. The van der Waals surface area contributed by atoms with Crippen LogP contribution in [0, 0.1) is 0 Å². The standard InChI is InChI=1S/C23H27N3O5/c1-3-30-22(27)20-18(24-23(28)25-21(20)19-5-4-12-31-19)14-26(16-8-9-16)13-15-6-10-17(29-2)11-7-15/h4-7,10-12,16,21H,3,8-9,13-14H2,1-2H3,(H2,24,25,28)/p+1/t21-/m0/s1. The van der Waals surface area contributed by atoms with Crippen molar-refractivity contribution in [3.05, 3.63) is 65.3 Å². The molecule has 1 fully saturated rings. The van der Waals surface area contributed by atoms with E-state index in [-0.39, 0.29) is 12.6 Å². The van der Waals surface area contributed by atoms with Gasteiger partial charge in [-0.05, 0) is 43.3 Å². The molecule has 0 bridgehead atoms. The number of benzene rings is 1. The third kappa shape index (κ3) is 4.91. The van der Waals surface area contributed by atoms with Crippen LogP contribution in [0.1, 0.15) is 37.1 Å². The van der Waals surface area contributed by atoms with Crippen molar-refractivity contribution in [3.8, 4) is 5.75 Å². The molecule has 1 aromatic heterocycles. The fourth-order valence-corrected chi connectivity index (χ4v) is 3.95. The number of furan rings is 1. The largest absolute Gasteiger partial charge is 0.497 e. The molecule has 3 N–H and O–H groups in total. The Labute approximate surface area is 181 Å². The van der Waals surface area contributed by atoms with Crippen LogP contribution in [0.15, 0.2) is 58.3 Å². The molecule has 2 atom stereocenters. The van der Waals surface area contributed by atoms with E-state index < -0.39 is 12.0 Å². The number of amides is 2. The molecule has 2 aliphatic rings. The molecule has 2 amide bonds. The Morgan fingerprint density at radius 2 is 1.97 bits per heavy atom. The van der Waals surface area contributed by atoms with Crippen molar-refractivity contribution in [1.29, 1.82) is 0 Å². The average molecular weight is 426 g/mol. The molecule has 8 heteroatoms. The van der Waals surface area contributed by atoms with E-state index in [0.29, 0.717) is 29.6 Å². The predicted octanol–water partition coefficient (Wildman–Crippen LogP) is 1.71. The number of ether oxygens (including phenoxy) is 2. The molecule has 0 saturated heterocycles. The van der Waals surface area contributed by atoms with Crippen molar-refractivity contribution in [1.82, 2.24) is 10.6 Å². The second-order valence-corrected chi connectivity index (χ2v) is 7.79. The lowest BCUT2D eigenvalue weighted by Crippen LogP contribution is -3.12. The first kappa shape index (κ1) is 21.0. The van der Waals surface area contributed by atoms with Gasteiger partial charge in [-0.25, -0.2) is 9.59 Å². The number of urea groups is 1. The molecule has 4 rings (SSSR count). The minimum Gasteiger partial charge on any atom is -0.497 e. The number of esters is 1. The fraction of sp³-hybridized carbons (Fsp3) is 0.391. The van der Waals surface area contributed by atoms with Gasteiger partial charge in [-0.2, -0.15) is 0 Å². The van der Waals surface area contributed by atoms with Gasteiger partial charge in [0.1, 0.15) is 30.6 Å². The molecule has 0 radical (unpaired) electrons. The van der Waals surface area contributed by atoms with E-state index in [2.05, 4.69) is 22.8 Å². The zero-order valence-corrected chi connectivity index (χ0v) is 17.8. The predicted molar refractivity (Wildman–Crippen MR) is 112 cm³/mol. The third-order valence-electron chi connectivity index (χ3n) is 5.63. The number of methoxy groups -OCH3 is 1. The molecule has 8 nitrogen and oxygen atoms in total. The van der Waals surface area contributed by atoms with Gasteiger partial charge in [0.05, 0.1) is 37.3 Å². The number of hydrogen-bond acceptors (Lipinski definition) is 5. The lowest BCUT2D eigenvalue weighted by atomic mass is 9.99. The van der Waals surface area contributed by atoms with E-state index in [1.807, 2.05) is 12.1 Å². The zero-order valence-electron chi connectivity index (χ0n) is 17.8. The molecular formula is C23H28N3O5+. The van der Waals surface area contributed by atoms with Crippen LogP contribution >= 0.6 is 0 Å². The minimum absolute atomic E-state index is 0.249. The first-order chi connectivity index (χ1) is 15.1. The van der Waals surface area contributed by atoms with Gasteiger partial charge in [0.25, 0.3) is 0 Å². The third-order valence-corrected chi connectivity index (χ3v) is 5.63. The van der Waals surface area contributed by atoms with Crippen LogP contribution in [0.2, 0.25) is 0 Å². The molecule has 1 aliphatic heterocycles. The van der Waals surface area contributed by atoms with Crippen molar-refractivity contribution >= 4 is 12.0 Å². The summed E-state index contributed by atoms with van der Waals surface area (Å²) < 4.78 is 16.1. The highest BCUT2D eigenvalue weighted by molar-refractivity contribution is 5.95. The monoisotopic (exact) mass is 426 g/mol. The van der Waals surface area contributed by atoms with Crippen LogP contribution in [0.4, 0.5) is 4.79 Å². The normalized spacial score (nSPS) is 19.4. The van der Waals surface area contributed by atoms with Gasteiger partial charge < -0.3 is 29.4 Å². The second-order valence-electron chi connectivity index (χ2n) is 7.79. The van der Waals surface area contributed by atoms with Crippen molar-refractivity contribution in [2.24, 2.45) is 0 Å². The Morgan fingerprint density at radius 1 is 1.19 bits per heavy atom. The van der Waals surface area contributed by atoms with Gasteiger partial charge in [0.15, 0.2) is 0 Å². The first-order valence-corrected chi connectivity index (χ1v) is 10.6. The Kier molecular flexibility index (Phi) is 6.27. The van der Waals surface area contributed by atoms with Crippen LogP contribution in [0.5, 0.6) is 5.75 Å². The molecule has 2 heterocycles. The van der Waals surface area contributed by atoms with Gasteiger partial charge in [-0.3, -0.25) is 0 Å². The Morgan fingerprint density at radius 3 is 2.58 bits per heavy atom. The van der Waals surface area contributed by atoms with Crippen molar-refractivity contribution in [2.45, 2.75) is 38.4 Å². The van der Waals surface area contributed by atoms with Crippen LogP contribution < -0.4 is 20.3 Å². The van der Waals surface area contributed by atoms with Gasteiger partial charge in [-0.1, -0.05) is 0 Å². The minimum atomic E-state index is -0.681. The Bertz CT molecular complexity index is 948. The topological polar surface area (TPSA) is 94.2 Å². The maximum atomic E-state index is 12.9. The van der Waals surface area contributed by atoms with Crippen molar-refractivity contribution in [2.75, 3.05) is 20.3 Å². The first-order valence-electron chi connectivity index (χ1n) is 10.6. The molecule has 164 valence electrons. The zero-order chi connectivity index (χ0) is 21.8. The second kappa shape index (κ2) is 9.26. The van der Waals surface area contributed by atoms with Gasteiger partial charge >= 0.3 is 12.0 Å². The number of carbonyl (C=O) groups excluding carboxylic acids is 2. The van der Waals surface area contributed by atoms with E-state index >= 15 is 0 Å². The summed E-state index contributed by atoms with van der Waals surface area (Å²) in [6.07, 6.45) is 3.78. The molecule has 1 saturated carbocycles. The summed E-state index contributed by atoms with van der Waals surface area (Å²) in [5.41, 5.74) is 2.15. The molecular weight excluding hydrogens is 398 g/mol. The molecule has 2 aromatic rings. The Hall–Kier alpha value is -3.26. The highest BCUT2D eigenvalue weighted by Gasteiger charge is 2.39. The van der Waals surface area contributed by atoms with Gasteiger partial charge in [-0.15, -0.1) is 0 Å². The maximum absolute atomic E-state index is 12.9. The molecule has 0 spiro atoms.